The van der Waals surface area contributed by atoms with Crippen LogP contribution in [0.2, 0.25) is 0 Å². The van der Waals surface area contributed by atoms with Gasteiger partial charge in [-0.1, -0.05) is 13.8 Å². The molecule has 4 heteroatoms. The number of Topliss-reactive ketones (excluding diaryl/α,β-unsaturated/α-hetero) is 1. The van der Waals surface area contributed by atoms with Crippen molar-refractivity contribution in [3.05, 3.63) is 0 Å². The Morgan fingerprint density at radius 2 is 1.54 bits per heavy atom. The summed E-state index contributed by atoms with van der Waals surface area (Å²) >= 11 is 0. The second-order valence-electron chi connectivity index (χ2n) is 8.75. The number of ether oxygens (including phenoxy) is 1. The van der Waals surface area contributed by atoms with E-state index >= 15 is 0 Å². The Hall–Kier alpha value is -0.450. The summed E-state index contributed by atoms with van der Waals surface area (Å²) in [6.45, 7) is 11.3. The van der Waals surface area contributed by atoms with Crippen LogP contribution < -0.4 is 0 Å². The van der Waals surface area contributed by atoms with Crippen molar-refractivity contribution in [3.8, 4) is 0 Å². The summed E-state index contributed by atoms with van der Waals surface area (Å²) in [7, 11) is 0. The van der Waals surface area contributed by atoms with E-state index in [1.165, 1.54) is 25.7 Å². The van der Waals surface area contributed by atoms with E-state index in [0.29, 0.717) is 30.6 Å². The molecular weight excluding hydrogens is 300 g/mol. The van der Waals surface area contributed by atoms with Crippen molar-refractivity contribution in [1.29, 1.82) is 0 Å². The molecule has 0 saturated carbocycles. The number of hydrogen-bond acceptors (Lipinski definition) is 4. The molecular formula is C20H36N2O2. The highest BCUT2D eigenvalue weighted by molar-refractivity contribution is 5.82. The van der Waals surface area contributed by atoms with Gasteiger partial charge in [-0.15, -0.1) is 0 Å². The van der Waals surface area contributed by atoms with Crippen molar-refractivity contribution in [2.24, 2.45) is 5.92 Å². The molecule has 0 amide bonds. The molecule has 3 rings (SSSR count). The SMILES string of the molecule is CC(C)C(=O)CN1CCC(OC2CC3CCC(C2)N3C(C)C)CC1. The topological polar surface area (TPSA) is 32.8 Å². The van der Waals surface area contributed by atoms with E-state index in [9.17, 15) is 4.79 Å². The van der Waals surface area contributed by atoms with Gasteiger partial charge in [-0.05, 0) is 52.4 Å². The number of nitrogens with zero attached hydrogens (tertiary/aromatic N) is 2. The summed E-state index contributed by atoms with van der Waals surface area (Å²) in [6.07, 6.45) is 8.21. The molecule has 3 aliphatic rings. The molecule has 3 heterocycles. The molecule has 0 aromatic carbocycles. The summed E-state index contributed by atoms with van der Waals surface area (Å²) < 4.78 is 6.50. The number of ketones is 1. The summed E-state index contributed by atoms with van der Waals surface area (Å²) in [5.41, 5.74) is 0. The lowest BCUT2D eigenvalue weighted by Crippen LogP contribution is -2.50. The van der Waals surface area contributed by atoms with Gasteiger partial charge in [0, 0.05) is 37.1 Å². The minimum atomic E-state index is 0.153. The molecule has 3 saturated heterocycles. The van der Waals surface area contributed by atoms with Crippen molar-refractivity contribution in [2.45, 2.75) is 96.6 Å². The number of rotatable bonds is 6. The zero-order valence-corrected chi connectivity index (χ0v) is 16.0. The number of carbonyl (C=O) groups is 1. The van der Waals surface area contributed by atoms with Gasteiger partial charge in [-0.25, -0.2) is 0 Å². The zero-order chi connectivity index (χ0) is 17.3. The molecule has 24 heavy (non-hydrogen) atoms. The van der Waals surface area contributed by atoms with E-state index in [-0.39, 0.29) is 5.92 Å². The fourth-order valence-electron chi connectivity index (χ4n) is 5.00. The van der Waals surface area contributed by atoms with Gasteiger partial charge in [-0.3, -0.25) is 14.6 Å². The maximum atomic E-state index is 11.9. The zero-order valence-electron chi connectivity index (χ0n) is 16.0. The third-order valence-electron chi connectivity index (χ3n) is 6.29. The van der Waals surface area contributed by atoms with Gasteiger partial charge >= 0.3 is 0 Å². The number of hydrogen-bond donors (Lipinski definition) is 0. The van der Waals surface area contributed by atoms with Crippen molar-refractivity contribution >= 4 is 5.78 Å². The van der Waals surface area contributed by atoms with Crippen LogP contribution in [0.15, 0.2) is 0 Å². The van der Waals surface area contributed by atoms with Crippen LogP contribution in [0.4, 0.5) is 0 Å². The van der Waals surface area contributed by atoms with Crippen LogP contribution in [0.3, 0.4) is 0 Å². The maximum Gasteiger partial charge on any atom is 0.149 e. The molecule has 2 bridgehead atoms. The first-order valence-corrected chi connectivity index (χ1v) is 10.1. The quantitative estimate of drug-likeness (QED) is 0.746. The van der Waals surface area contributed by atoms with Crippen molar-refractivity contribution in [2.75, 3.05) is 19.6 Å². The second-order valence-corrected chi connectivity index (χ2v) is 8.75. The Balaban J connectivity index is 1.42. The third kappa shape index (κ3) is 4.20. The number of likely N-dealkylation sites (tertiary alicyclic amines) is 1. The van der Waals surface area contributed by atoms with E-state index in [0.717, 1.165) is 38.0 Å². The standard InChI is InChI=1S/C20H36N2O2/c1-14(2)20(23)13-21-9-7-18(8-10-21)24-19-11-16-5-6-17(12-19)22(16)15(3)4/h14-19H,5-13H2,1-4H3. The van der Waals surface area contributed by atoms with Gasteiger partial charge < -0.3 is 4.74 Å². The molecule has 138 valence electrons. The number of fused-ring (bicyclic) bond motifs is 2. The average Bonchev–Trinajstić information content (AvgIpc) is 2.81. The van der Waals surface area contributed by atoms with Gasteiger partial charge in [0.2, 0.25) is 0 Å². The van der Waals surface area contributed by atoms with Gasteiger partial charge in [0.15, 0.2) is 0 Å². The summed E-state index contributed by atoms with van der Waals surface area (Å²) in [5.74, 6) is 0.521. The first-order valence-electron chi connectivity index (χ1n) is 10.1. The van der Waals surface area contributed by atoms with E-state index in [1.807, 2.05) is 13.8 Å². The molecule has 0 aliphatic carbocycles. The van der Waals surface area contributed by atoms with Gasteiger partial charge in [0.1, 0.15) is 5.78 Å². The van der Waals surface area contributed by atoms with Crippen LogP contribution in [-0.2, 0) is 9.53 Å². The lowest BCUT2D eigenvalue weighted by Gasteiger charge is -2.43. The van der Waals surface area contributed by atoms with E-state index in [2.05, 4.69) is 23.6 Å². The monoisotopic (exact) mass is 336 g/mol. The lowest BCUT2D eigenvalue weighted by atomic mass is 9.97. The van der Waals surface area contributed by atoms with Crippen LogP contribution in [0, 0.1) is 5.92 Å². The molecule has 3 aliphatic heterocycles. The molecule has 0 N–H and O–H groups in total. The Kier molecular flexibility index (Phi) is 5.99. The van der Waals surface area contributed by atoms with Gasteiger partial charge in [-0.2, -0.15) is 0 Å². The second kappa shape index (κ2) is 7.84. The smallest absolute Gasteiger partial charge is 0.149 e. The summed E-state index contributed by atoms with van der Waals surface area (Å²) in [5, 5.41) is 0. The number of carbonyl (C=O) groups excluding carboxylic acids is 1. The van der Waals surface area contributed by atoms with E-state index < -0.39 is 0 Å². The molecule has 3 fully saturated rings. The predicted octanol–water partition coefficient (Wildman–Crippen LogP) is 3.10. The minimum Gasteiger partial charge on any atom is -0.375 e. The van der Waals surface area contributed by atoms with Crippen LogP contribution >= 0.6 is 0 Å². The highest BCUT2D eigenvalue weighted by Crippen LogP contribution is 2.39. The van der Waals surface area contributed by atoms with E-state index in [4.69, 9.17) is 4.74 Å². The summed E-state index contributed by atoms with van der Waals surface area (Å²) in [6, 6.07) is 2.17. The average molecular weight is 337 g/mol. The minimum absolute atomic E-state index is 0.153. The Bertz CT molecular complexity index is 415. The predicted molar refractivity (Wildman–Crippen MR) is 97.2 cm³/mol. The van der Waals surface area contributed by atoms with Crippen molar-refractivity contribution in [1.82, 2.24) is 9.80 Å². The Labute approximate surface area is 147 Å². The van der Waals surface area contributed by atoms with E-state index in [1.54, 1.807) is 0 Å². The largest absolute Gasteiger partial charge is 0.375 e. The molecule has 0 aromatic rings. The maximum absolute atomic E-state index is 11.9. The number of piperidine rings is 2. The van der Waals surface area contributed by atoms with Crippen LogP contribution in [0.5, 0.6) is 0 Å². The van der Waals surface area contributed by atoms with Gasteiger partial charge in [0.25, 0.3) is 0 Å². The third-order valence-corrected chi connectivity index (χ3v) is 6.29. The van der Waals surface area contributed by atoms with Crippen molar-refractivity contribution < 1.29 is 9.53 Å². The van der Waals surface area contributed by atoms with Gasteiger partial charge in [0.05, 0.1) is 18.8 Å². The van der Waals surface area contributed by atoms with Crippen LogP contribution in [0.25, 0.3) is 0 Å². The molecule has 0 radical (unpaired) electrons. The summed E-state index contributed by atoms with van der Waals surface area (Å²) in [4.78, 5) is 16.9. The fraction of sp³-hybridized carbons (Fsp3) is 0.950. The normalized spacial score (nSPS) is 32.8. The fourth-order valence-corrected chi connectivity index (χ4v) is 5.00. The van der Waals surface area contributed by atoms with Crippen LogP contribution in [-0.4, -0.2) is 65.6 Å². The molecule has 0 spiro atoms. The Morgan fingerprint density at radius 1 is 0.958 bits per heavy atom. The highest BCUT2D eigenvalue weighted by Gasteiger charge is 2.42. The molecule has 0 aromatic heterocycles. The highest BCUT2D eigenvalue weighted by atomic mass is 16.5. The molecule has 2 unspecified atom stereocenters. The van der Waals surface area contributed by atoms with Crippen molar-refractivity contribution in [3.63, 3.8) is 0 Å². The molecule has 4 nitrogen and oxygen atoms in total. The first-order chi connectivity index (χ1) is 11.4. The first kappa shape index (κ1) is 18.3. The Morgan fingerprint density at radius 3 is 2.04 bits per heavy atom. The van der Waals surface area contributed by atoms with Crippen LogP contribution in [0.1, 0.15) is 66.2 Å². The molecule has 2 atom stereocenters. The lowest BCUT2D eigenvalue weighted by molar-refractivity contribution is -0.124.